The van der Waals surface area contributed by atoms with Crippen molar-refractivity contribution in [3.8, 4) is 0 Å². The summed E-state index contributed by atoms with van der Waals surface area (Å²) in [4.78, 5) is 21.7. The van der Waals surface area contributed by atoms with Gasteiger partial charge >= 0.3 is 0 Å². The van der Waals surface area contributed by atoms with E-state index in [1.807, 2.05) is 18.2 Å². The van der Waals surface area contributed by atoms with Gasteiger partial charge in [-0.05, 0) is 42.8 Å². The van der Waals surface area contributed by atoms with Gasteiger partial charge in [-0.2, -0.15) is 0 Å². The summed E-state index contributed by atoms with van der Waals surface area (Å²) in [6, 6.07) is 8.95. The third kappa shape index (κ3) is 4.85. The molecular formula is C21H20BrF2N3O2S. The Morgan fingerprint density at radius 2 is 1.97 bits per heavy atom. The first kappa shape index (κ1) is 21.3. The van der Waals surface area contributed by atoms with Crippen LogP contribution in [-0.2, 0) is 4.74 Å². The van der Waals surface area contributed by atoms with Crippen LogP contribution in [0.3, 0.4) is 0 Å². The van der Waals surface area contributed by atoms with E-state index < -0.39 is 17.5 Å². The number of aromatic nitrogens is 1. The molecule has 30 heavy (non-hydrogen) atoms. The smallest absolute Gasteiger partial charge is 0.260 e. The average molecular weight is 496 g/mol. The summed E-state index contributed by atoms with van der Waals surface area (Å²) in [5.74, 6) is -2.41. The first-order valence-electron chi connectivity index (χ1n) is 9.64. The largest absolute Gasteiger partial charge is 0.379 e. The van der Waals surface area contributed by atoms with Gasteiger partial charge in [-0.15, -0.1) is 0 Å². The number of hydrogen-bond acceptors (Lipinski definition) is 5. The summed E-state index contributed by atoms with van der Waals surface area (Å²) in [7, 11) is 0. The van der Waals surface area contributed by atoms with Crippen LogP contribution in [0.2, 0.25) is 0 Å². The molecule has 0 bridgehead atoms. The highest BCUT2D eigenvalue weighted by Crippen LogP contribution is 2.32. The number of fused-ring (bicyclic) bond motifs is 1. The van der Waals surface area contributed by atoms with Gasteiger partial charge in [-0.3, -0.25) is 14.6 Å². The van der Waals surface area contributed by atoms with Crippen LogP contribution in [0.15, 0.2) is 40.9 Å². The quantitative estimate of drug-likeness (QED) is 0.496. The molecule has 9 heteroatoms. The molecular weight excluding hydrogens is 476 g/mol. The third-order valence-electron chi connectivity index (χ3n) is 4.94. The molecule has 1 aliphatic heterocycles. The standard InChI is InChI=1S/C21H20BrF2N3O2S/c22-15-3-5-18-19(13-15)30-21(25-18)27(7-1-6-26-8-10-29-11-9-26)20(28)14-2-4-16(23)17(24)12-14/h2-5,12-13H,1,6-11H2. The van der Waals surface area contributed by atoms with Crippen molar-refractivity contribution in [2.24, 2.45) is 0 Å². The zero-order chi connectivity index (χ0) is 21.1. The minimum atomic E-state index is -1.04. The molecule has 1 fully saturated rings. The van der Waals surface area contributed by atoms with Gasteiger partial charge in [0.05, 0.1) is 23.4 Å². The van der Waals surface area contributed by atoms with Crippen LogP contribution in [0.25, 0.3) is 10.2 Å². The van der Waals surface area contributed by atoms with Gasteiger partial charge in [0.25, 0.3) is 5.91 Å². The van der Waals surface area contributed by atoms with E-state index in [0.717, 1.165) is 52.9 Å². The zero-order valence-electron chi connectivity index (χ0n) is 16.1. The van der Waals surface area contributed by atoms with E-state index in [1.165, 1.54) is 17.4 Å². The minimum absolute atomic E-state index is 0.0979. The summed E-state index contributed by atoms with van der Waals surface area (Å²) < 4.78 is 34.3. The van der Waals surface area contributed by atoms with Crippen molar-refractivity contribution >= 4 is 48.5 Å². The van der Waals surface area contributed by atoms with Crippen molar-refractivity contribution in [2.75, 3.05) is 44.3 Å². The molecule has 1 aliphatic rings. The van der Waals surface area contributed by atoms with E-state index in [9.17, 15) is 13.6 Å². The van der Waals surface area contributed by atoms with E-state index in [4.69, 9.17) is 4.74 Å². The Balaban J connectivity index is 1.58. The van der Waals surface area contributed by atoms with Gasteiger partial charge in [0, 0.05) is 36.2 Å². The van der Waals surface area contributed by atoms with Crippen LogP contribution in [-0.4, -0.2) is 55.2 Å². The normalized spacial score (nSPS) is 14.9. The number of carbonyl (C=O) groups excluding carboxylic acids is 1. The Bertz CT molecular complexity index is 1060. The molecule has 2 heterocycles. The molecule has 0 unspecified atom stereocenters. The lowest BCUT2D eigenvalue weighted by atomic mass is 10.2. The molecule has 1 amide bonds. The van der Waals surface area contributed by atoms with E-state index >= 15 is 0 Å². The van der Waals surface area contributed by atoms with Crippen molar-refractivity contribution < 1.29 is 18.3 Å². The van der Waals surface area contributed by atoms with Crippen molar-refractivity contribution in [3.05, 3.63) is 58.1 Å². The van der Waals surface area contributed by atoms with Crippen molar-refractivity contribution in [1.82, 2.24) is 9.88 Å². The molecule has 0 spiro atoms. The SMILES string of the molecule is O=C(c1ccc(F)c(F)c1)N(CCCN1CCOCC1)c1nc2ccc(Br)cc2s1. The predicted octanol–water partition coefficient (Wildman–Crippen LogP) is 4.71. The number of thiazole rings is 1. The first-order chi connectivity index (χ1) is 14.5. The summed E-state index contributed by atoms with van der Waals surface area (Å²) >= 11 is 4.85. The predicted molar refractivity (Wildman–Crippen MR) is 117 cm³/mol. The first-order valence-corrected chi connectivity index (χ1v) is 11.3. The second-order valence-corrected chi connectivity index (χ2v) is 8.93. The van der Waals surface area contributed by atoms with Crippen LogP contribution in [0.5, 0.6) is 0 Å². The maximum absolute atomic E-state index is 13.7. The highest BCUT2D eigenvalue weighted by Gasteiger charge is 2.23. The van der Waals surface area contributed by atoms with E-state index in [0.29, 0.717) is 24.9 Å². The number of carbonyl (C=O) groups is 1. The number of hydrogen-bond donors (Lipinski definition) is 0. The maximum Gasteiger partial charge on any atom is 0.260 e. The summed E-state index contributed by atoms with van der Waals surface area (Å²) in [6.07, 6.45) is 0.731. The van der Waals surface area contributed by atoms with E-state index in [2.05, 4.69) is 25.8 Å². The topological polar surface area (TPSA) is 45.7 Å². The van der Waals surface area contributed by atoms with Crippen LogP contribution in [0.1, 0.15) is 16.8 Å². The second kappa shape index (κ2) is 9.47. The van der Waals surface area contributed by atoms with E-state index in [1.54, 1.807) is 4.90 Å². The third-order valence-corrected chi connectivity index (χ3v) is 6.48. The van der Waals surface area contributed by atoms with E-state index in [-0.39, 0.29) is 5.56 Å². The Morgan fingerprint density at radius 1 is 1.17 bits per heavy atom. The molecule has 0 N–H and O–H groups in total. The fourth-order valence-corrected chi connectivity index (χ4v) is 4.89. The highest BCUT2D eigenvalue weighted by molar-refractivity contribution is 9.10. The molecule has 3 aromatic rings. The second-order valence-electron chi connectivity index (χ2n) is 7.00. The Hall–Kier alpha value is -1.94. The van der Waals surface area contributed by atoms with Crippen LogP contribution >= 0.6 is 27.3 Å². The monoisotopic (exact) mass is 495 g/mol. The maximum atomic E-state index is 13.7. The van der Waals surface area contributed by atoms with Crippen LogP contribution in [0.4, 0.5) is 13.9 Å². The number of anilines is 1. The Labute approximate surface area is 185 Å². The van der Waals surface area contributed by atoms with Gasteiger partial charge in [0.15, 0.2) is 16.8 Å². The number of benzene rings is 2. The van der Waals surface area contributed by atoms with Crippen LogP contribution in [0, 0.1) is 11.6 Å². The molecule has 1 saturated heterocycles. The highest BCUT2D eigenvalue weighted by atomic mass is 79.9. The molecule has 5 nitrogen and oxygen atoms in total. The lowest BCUT2D eigenvalue weighted by Gasteiger charge is -2.27. The molecule has 0 radical (unpaired) electrons. The summed E-state index contributed by atoms with van der Waals surface area (Å²) in [5.41, 5.74) is 0.884. The van der Waals surface area contributed by atoms with Gasteiger partial charge < -0.3 is 4.74 Å². The molecule has 0 atom stereocenters. The molecule has 4 rings (SSSR count). The van der Waals surface area contributed by atoms with Crippen molar-refractivity contribution in [1.29, 1.82) is 0 Å². The van der Waals surface area contributed by atoms with Gasteiger partial charge in [0.1, 0.15) is 0 Å². The molecule has 0 saturated carbocycles. The van der Waals surface area contributed by atoms with Crippen molar-refractivity contribution in [3.63, 3.8) is 0 Å². The summed E-state index contributed by atoms with van der Waals surface area (Å²) in [6.45, 7) is 4.41. The fraction of sp³-hybridized carbons (Fsp3) is 0.333. The Kier molecular flexibility index (Phi) is 6.72. The number of amides is 1. The molecule has 1 aromatic heterocycles. The minimum Gasteiger partial charge on any atom is -0.379 e. The summed E-state index contributed by atoms with van der Waals surface area (Å²) in [5, 5.41) is 0.541. The zero-order valence-corrected chi connectivity index (χ0v) is 18.5. The van der Waals surface area contributed by atoms with Crippen LogP contribution < -0.4 is 4.90 Å². The molecule has 0 aliphatic carbocycles. The number of rotatable bonds is 6. The average Bonchev–Trinajstić information content (AvgIpc) is 3.16. The lowest BCUT2D eigenvalue weighted by molar-refractivity contribution is 0.0376. The lowest BCUT2D eigenvalue weighted by Crippen LogP contribution is -2.39. The van der Waals surface area contributed by atoms with Gasteiger partial charge in [0.2, 0.25) is 0 Å². The van der Waals surface area contributed by atoms with Gasteiger partial charge in [-0.1, -0.05) is 27.3 Å². The van der Waals surface area contributed by atoms with Crippen molar-refractivity contribution in [2.45, 2.75) is 6.42 Å². The fourth-order valence-electron chi connectivity index (χ4n) is 3.35. The number of morpholine rings is 1. The van der Waals surface area contributed by atoms with Gasteiger partial charge in [-0.25, -0.2) is 13.8 Å². The molecule has 2 aromatic carbocycles. The number of nitrogens with zero attached hydrogens (tertiary/aromatic N) is 3. The Morgan fingerprint density at radius 3 is 2.73 bits per heavy atom. The molecule has 158 valence electrons. The number of ether oxygens (including phenoxy) is 1. The number of halogens is 3.